The lowest BCUT2D eigenvalue weighted by Crippen LogP contribution is -1.96. The van der Waals surface area contributed by atoms with E-state index in [1.807, 2.05) is 13.8 Å². The van der Waals surface area contributed by atoms with Gasteiger partial charge in [-0.25, -0.2) is 0 Å². The van der Waals surface area contributed by atoms with Crippen molar-refractivity contribution in [3.8, 4) is 6.07 Å². The molecule has 0 bridgehead atoms. The quantitative estimate of drug-likeness (QED) is 0.759. The van der Waals surface area contributed by atoms with Gasteiger partial charge in [0, 0.05) is 16.1 Å². The van der Waals surface area contributed by atoms with E-state index >= 15 is 0 Å². The second kappa shape index (κ2) is 4.52. The molecule has 0 unspecified atom stereocenters. The fourth-order valence-corrected chi connectivity index (χ4v) is 2.27. The van der Waals surface area contributed by atoms with Crippen LogP contribution in [0.5, 0.6) is 0 Å². The van der Waals surface area contributed by atoms with Crippen molar-refractivity contribution in [3.05, 3.63) is 39.5 Å². The summed E-state index contributed by atoms with van der Waals surface area (Å²) in [5.74, 6) is 0.254. The molecule has 0 atom stereocenters. The van der Waals surface area contributed by atoms with Crippen molar-refractivity contribution in [3.63, 3.8) is 0 Å². The molecule has 0 N–H and O–H groups in total. The number of aromatic nitrogens is 1. The summed E-state index contributed by atoms with van der Waals surface area (Å²) in [5, 5.41) is 10.8. The zero-order chi connectivity index (χ0) is 12.6. The summed E-state index contributed by atoms with van der Waals surface area (Å²) in [6.45, 7) is 4.06. The lowest BCUT2D eigenvalue weighted by Gasteiger charge is -2.09. The van der Waals surface area contributed by atoms with Crippen LogP contribution >= 0.6 is 23.2 Å². The Hall–Kier alpha value is -1.30. The summed E-state index contributed by atoms with van der Waals surface area (Å²) in [6, 6.07) is 7.30. The van der Waals surface area contributed by atoms with Crippen LogP contribution in [0.25, 0.3) is 10.9 Å². The third kappa shape index (κ3) is 2.22. The van der Waals surface area contributed by atoms with Gasteiger partial charge in [-0.15, -0.1) is 0 Å². The SMILES string of the molecule is CC(C)c1cc(C#N)c2c(Cl)cc(Cl)cc2n1. The van der Waals surface area contributed by atoms with E-state index in [0.29, 0.717) is 26.5 Å². The van der Waals surface area contributed by atoms with Crippen LogP contribution in [0.4, 0.5) is 0 Å². The number of pyridine rings is 1. The highest BCUT2D eigenvalue weighted by molar-refractivity contribution is 6.38. The topological polar surface area (TPSA) is 36.7 Å². The molecular weight excluding hydrogens is 255 g/mol. The second-order valence-corrected chi connectivity index (χ2v) is 4.99. The van der Waals surface area contributed by atoms with E-state index in [1.54, 1.807) is 18.2 Å². The molecule has 0 amide bonds. The van der Waals surface area contributed by atoms with E-state index in [2.05, 4.69) is 11.1 Å². The van der Waals surface area contributed by atoms with Crippen molar-refractivity contribution >= 4 is 34.1 Å². The van der Waals surface area contributed by atoms with Crippen LogP contribution in [0.3, 0.4) is 0 Å². The molecule has 0 aliphatic carbocycles. The molecule has 0 fully saturated rings. The first kappa shape index (κ1) is 12.2. The van der Waals surface area contributed by atoms with Crippen LogP contribution < -0.4 is 0 Å². The first-order chi connectivity index (χ1) is 8.02. The van der Waals surface area contributed by atoms with Crippen molar-refractivity contribution in [1.82, 2.24) is 4.98 Å². The number of nitriles is 1. The van der Waals surface area contributed by atoms with Crippen LogP contribution in [-0.4, -0.2) is 4.98 Å². The molecule has 86 valence electrons. The second-order valence-electron chi connectivity index (χ2n) is 4.14. The number of hydrogen-bond donors (Lipinski definition) is 0. The predicted molar refractivity (Wildman–Crippen MR) is 70.6 cm³/mol. The standard InChI is InChI=1S/C13H10Cl2N2/c1-7(2)11-3-8(6-16)13-10(15)4-9(14)5-12(13)17-11/h3-5,7H,1-2H3. The Balaban J connectivity index is 2.88. The molecule has 0 aliphatic heterocycles. The first-order valence-electron chi connectivity index (χ1n) is 5.22. The summed E-state index contributed by atoms with van der Waals surface area (Å²) < 4.78 is 0. The molecule has 1 aromatic carbocycles. The largest absolute Gasteiger partial charge is 0.252 e. The summed E-state index contributed by atoms with van der Waals surface area (Å²) in [4.78, 5) is 4.48. The first-order valence-corrected chi connectivity index (χ1v) is 5.98. The molecule has 1 aromatic heterocycles. The minimum absolute atomic E-state index is 0.254. The van der Waals surface area contributed by atoms with Gasteiger partial charge in [0.25, 0.3) is 0 Å². The van der Waals surface area contributed by atoms with E-state index in [0.717, 1.165) is 5.69 Å². The van der Waals surface area contributed by atoms with E-state index in [1.165, 1.54) is 0 Å². The van der Waals surface area contributed by atoms with Crippen LogP contribution in [0, 0.1) is 11.3 Å². The van der Waals surface area contributed by atoms with Gasteiger partial charge in [-0.1, -0.05) is 37.0 Å². The molecule has 2 rings (SSSR count). The normalized spacial score (nSPS) is 10.8. The molecule has 1 heterocycles. The monoisotopic (exact) mass is 264 g/mol. The van der Waals surface area contributed by atoms with Crippen molar-refractivity contribution in [2.45, 2.75) is 19.8 Å². The molecule has 2 nitrogen and oxygen atoms in total. The van der Waals surface area contributed by atoms with Gasteiger partial charge < -0.3 is 0 Å². The van der Waals surface area contributed by atoms with E-state index in [-0.39, 0.29) is 5.92 Å². The van der Waals surface area contributed by atoms with Gasteiger partial charge in [-0.05, 0) is 24.1 Å². The number of rotatable bonds is 1. The Morgan fingerprint density at radius 1 is 1.24 bits per heavy atom. The maximum Gasteiger partial charge on any atom is 0.1000 e. The Labute approximate surface area is 110 Å². The van der Waals surface area contributed by atoms with Crippen molar-refractivity contribution in [2.75, 3.05) is 0 Å². The summed E-state index contributed by atoms with van der Waals surface area (Å²) in [5.41, 5.74) is 2.08. The average Bonchev–Trinajstić information content (AvgIpc) is 2.26. The minimum atomic E-state index is 0.254. The van der Waals surface area contributed by atoms with Gasteiger partial charge in [-0.2, -0.15) is 5.26 Å². The zero-order valence-electron chi connectivity index (χ0n) is 9.46. The number of fused-ring (bicyclic) bond motifs is 1. The maximum absolute atomic E-state index is 9.17. The number of benzene rings is 1. The average molecular weight is 265 g/mol. The molecule has 0 saturated carbocycles. The van der Waals surface area contributed by atoms with Crippen molar-refractivity contribution < 1.29 is 0 Å². The molecule has 17 heavy (non-hydrogen) atoms. The number of hydrogen-bond acceptors (Lipinski definition) is 2. The highest BCUT2D eigenvalue weighted by Crippen LogP contribution is 2.31. The smallest absolute Gasteiger partial charge is 0.1000 e. The molecule has 0 saturated heterocycles. The Kier molecular flexibility index (Phi) is 3.24. The minimum Gasteiger partial charge on any atom is -0.252 e. The molecule has 0 spiro atoms. The van der Waals surface area contributed by atoms with Crippen LogP contribution in [0.2, 0.25) is 10.0 Å². The van der Waals surface area contributed by atoms with Crippen LogP contribution in [0.1, 0.15) is 31.0 Å². The van der Waals surface area contributed by atoms with Gasteiger partial charge in [0.15, 0.2) is 0 Å². The van der Waals surface area contributed by atoms with Gasteiger partial charge in [0.2, 0.25) is 0 Å². The van der Waals surface area contributed by atoms with Gasteiger partial charge in [0.05, 0.1) is 22.2 Å². The summed E-state index contributed by atoms with van der Waals surface area (Å²) in [6.07, 6.45) is 0. The number of halogens is 2. The Bertz CT molecular complexity index is 627. The molecule has 0 aliphatic rings. The molecule has 0 radical (unpaired) electrons. The van der Waals surface area contributed by atoms with Gasteiger partial charge in [0.1, 0.15) is 0 Å². The fraction of sp³-hybridized carbons (Fsp3) is 0.231. The van der Waals surface area contributed by atoms with Crippen molar-refractivity contribution in [2.24, 2.45) is 0 Å². The highest BCUT2D eigenvalue weighted by atomic mass is 35.5. The van der Waals surface area contributed by atoms with Gasteiger partial charge in [-0.3, -0.25) is 4.98 Å². The molecule has 2 aromatic rings. The lowest BCUT2D eigenvalue weighted by molar-refractivity contribution is 0.829. The highest BCUT2D eigenvalue weighted by Gasteiger charge is 2.11. The Morgan fingerprint density at radius 2 is 1.94 bits per heavy atom. The lowest BCUT2D eigenvalue weighted by atomic mass is 10.0. The summed E-state index contributed by atoms with van der Waals surface area (Å²) >= 11 is 12.0. The predicted octanol–water partition coefficient (Wildman–Crippen LogP) is 4.54. The Morgan fingerprint density at radius 3 is 2.53 bits per heavy atom. The van der Waals surface area contributed by atoms with Gasteiger partial charge >= 0.3 is 0 Å². The van der Waals surface area contributed by atoms with E-state index < -0.39 is 0 Å². The van der Waals surface area contributed by atoms with Crippen LogP contribution in [0.15, 0.2) is 18.2 Å². The number of nitrogens with zero attached hydrogens (tertiary/aromatic N) is 2. The maximum atomic E-state index is 9.17. The third-order valence-corrected chi connectivity index (χ3v) is 3.07. The van der Waals surface area contributed by atoms with E-state index in [4.69, 9.17) is 28.5 Å². The fourth-order valence-electron chi connectivity index (χ4n) is 1.69. The van der Waals surface area contributed by atoms with Crippen molar-refractivity contribution in [1.29, 1.82) is 5.26 Å². The zero-order valence-corrected chi connectivity index (χ0v) is 11.0. The van der Waals surface area contributed by atoms with Crippen LogP contribution in [-0.2, 0) is 0 Å². The van der Waals surface area contributed by atoms with E-state index in [9.17, 15) is 0 Å². The molecule has 4 heteroatoms. The molecular formula is C13H10Cl2N2. The summed E-state index contributed by atoms with van der Waals surface area (Å²) in [7, 11) is 0. The third-order valence-electron chi connectivity index (χ3n) is 2.56.